The standard InChI is InChI=1S/C15H15ClN2O/c1-10-4-2-3-5-12(10)8-18-15(16)13(9-19)14(17-18)11-6-7-11/h2-5,9,11H,6-8H2,1H3. The van der Waals surface area contributed by atoms with Gasteiger partial charge in [0.1, 0.15) is 5.15 Å². The summed E-state index contributed by atoms with van der Waals surface area (Å²) in [5.41, 5.74) is 3.81. The zero-order chi connectivity index (χ0) is 13.4. The van der Waals surface area contributed by atoms with Crippen molar-refractivity contribution >= 4 is 17.9 Å². The summed E-state index contributed by atoms with van der Waals surface area (Å²) in [6.07, 6.45) is 3.05. The lowest BCUT2D eigenvalue weighted by molar-refractivity contribution is 0.112. The number of hydrogen-bond donors (Lipinski definition) is 0. The minimum absolute atomic E-state index is 0.427. The van der Waals surface area contributed by atoms with Gasteiger partial charge in [0.15, 0.2) is 6.29 Å². The van der Waals surface area contributed by atoms with Crippen LogP contribution in [0.4, 0.5) is 0 Å². The number of benzene rings is 1. The molecule has 0 spiro atoms. The lowest BCUT2D eigenvalue weighted by atomic mass is 10.1. The summed E-state index contributed by atoms with van der Waals surface area (Å²) >= 11 is 6.27. The summed E-state index contributed by atoms with van der Waals surface area (Å²) in [4.78, 5) is 11.2. The Balaban J connectivity index is 1.97. The zero-order valence-electron chi connectivity index (χ0n) is 10.8. The summed E-state index contributed by atoms with van der Waals surface area (Å²) in [6.45, 7) is 2.67. The Hall–Kier alpha value is -1.61. The van der Waals surface area contributed by atoms with Crippen molar-refractivity contribution in [2.45, 2.75) is 32.2 Å². The highest BCUT2D eigenvalue weighted by atomic mass is 35.5. The second kappa shape index (κ2) is 4.82. The minimum Gasteiger partial charge on any atom is -0.298 e. The Morgan fingerprint density at radius 2 is 2.16 bits per heavy atom. The Labute approximate surface area is 117 Å². The second-order valence-electron chi connectivity index (χ2n) is 5.07. The van der Waals surface area contributed by atoms with E-state index in [4.69, 9.17) is 11.6 Å². The van der Waals surface area contributed by atoms with E-state index in [0.717, 1.165) is 24.8 Å². The number of halogens is 1. The van der Waals surface area contributed by atoms with Crippen molar-refractivity contribution in [1.29, 1.82) is 0 Å². The Morgan fingerprint density at radius 1 is 1.42 bits per heavy atom. The largest absolute Gasteiger partial charge is 0.298 e. The second-order valence-corrected chi connectivity index (χ2v) is 5.42. The molecule has 1 aliphatic rings. The maximum atomic E-state index is 11.2. The summed E-state index contributed by atoms with van der Waals surface area (Å²) in [6, 6.07) is 8.14. The molecule has 0 saturated heterocycles. The van der Waals surface area contributed by atoms with Crippen LogP contribution in [0.15, 0.2) is 24.3 Å². The van der Waals surface area contributed by atoms with Gasteiger partial charge in [0, 0.05) is 5.92 Å². The van der Waals surface area contributed by atoms with Gasteiger partial charge in [-0.25, -0.2) is 4.68 Å². The Kier molecular flexibility index (Phi) is 3.15. The van der Waals surface area contributed by atoms with Gasteiger partial charge in [-0.2, -0.15) is 5.10 Å². The predicted molar refractivity (Wildman–Crippen MR) is 74.9 cm³/mol. The van der Waals surface area contributed by atoms with Crippen molar-refractivity contribution in [3.05, 3.63) is 51.8 Å². The van der Waals surface area contributed by atoms with Crippen LogP contribution in [0, 0.1) is 6.92 Å². The highest BCUT2D eigenvalue weighted by molar-refractivity contribution is 6.32. The number of carbonyl (C=O) groups excluding carboxylic acids is 1. The maximum Gasteiger partial charge on any atom is 0.155 e. The molecular weight excluding hydrogens is 260 g/mol. The highest BCUT2D eigenvalue weighted by Crippen LogP contribution is 2.42. The van der Waals surface area contributed by atoms with Gasteiger partial charge >= 0.3 is 0 Å². The van der Waals surface area contributed by atoms with E-state index in [2.05, 4.69) is 24.2 Å². The van der Waals surface area contributed by atoms with E-state index < -0.39 is 0 Å². The summed E-state index contributed by atoms with van der Waals surface area (Å²) in [7, 11) is 0. The van der Waals surface area contributed by atoms with Crippen molar-refractivity contribution in [3.63, 3.8) is 0 Å². The molecule has 0 bridgehead atoms. The van der Waals surface area contributed by atoms with E-state index in [9.17, 15) is 4.79 Å². The topological polar surface area (TPSA) is 34.9 Å². The van der Waals surface area contributed by atoms with Gasteiger partial charge in [-0.3, -0.25) is 4.79 Å². The molecule has 1 saturated carbocycles. The third-order valence-electron chi connectivity index (χ3n) is 3.62. The summed E-state index contributed by atoms with van der Waals surface area (Å²) < 4.78 is 1.74. The Bertz CT molecular complexity index is 629. The number of aryl methyl sites for hydroxylation is 1. The molecule has 1 aliphatic carbocycles. The molecule has 3 rings (SSSR count). The monoisotopic (exact) mass is 274 g/mol. The van der Waals surface area contributed by atoms with E-state index in [1.54, 1.807) is 4.68 Å². The molecule has 1 aromatic carbocycles. The van der Waals surface area contributed by atoms with Gasteiger partial charge in [0.25, 0.3) is 0 Å². The van der Waals surface area contributed by atoms with Crippen LogP contribution < -0.4 is 0 Å². The van der Waals surface area contributed by atoms with Crippen LogP contribution in [0.25, 0.3) is 0 Å². The molecule has 0 unspecified atom stereocenters. The van der Waals surface area contributed by atoms with Gasteiger partial charge < -0.3 is 0 Å². The molecular formula is C15H15ClN2O. The average molecular weight is 275 g/mol. The van der Waals surface area contributed by atoms with E-state index >= 15 is 0 Å². The first-order valence-electron chi connectivity index (χ1n) is 6.46. The average Bonchev–Trinajstić information content (AvgIpc) is 3.19. The van der Waals surface area contributed by atoms with Crippen LogP contribution in [0.3, 0.4) is 0 Å². The Morgan fingerprint density at radius 3 is 2.79 bits per heavy atom. The molecule has 1 fully saturated rings. The first-order chi connectivity index (χ1) is 9.20. The molecule has 0 atom stereocenters. The third-order valence-corrected chi connectivity index (χ3v) is 4.02. The molecule has 2 aromatic rings. The molecule has 0 radical (unpaired) electrons. The van der Waals surface area contributed by atoms with Crippen molar-refractivity contribution in [2.24, 2.45) is 0 Å². The SMILES string of the molecule is Cc1ccccc1Cn1nc(C2CC2)c(C=O)c1Cl. The van der Waals surface area contributed by atoms with Crippen LogP contribution in [-0.4, -0.2) is 16.1 Å². The van der Waals surface area contributed by atoms with Gasteiger partial charge in [-0.1, -0.05) is 35.9 Å². The zero-order valence-corrected chi connectivity index (χ0v) is 11.5. The minimum atomic E-state index is 0.427. The fraction of sp³-hybridized carbons (Fsp3) is 0.333. The fourth-order valence-corrected chi connectivity index (χ4v) is 2.53. The van der Waals surface area contributed by atoms with Crippen LogP contribution >= 0.6 is 11.6 Å². The number of aldehydes is 1. The molecule has 1 aromatic heterocycles. The molecule has 0 N–H and O–H groups in total. The van der Waals surface area contributed by atoms with Crippen molar-refractivity contribution in [1.82, 2.24) is 9.78 Å². The van der Waals surface area contributed by atoms with E-state index in [-0.39, 0.29) is 0 Å². The molecule has 19 heavy (non-hydrogen) atoms. The molecule has 4 heteroatoms. The lowest BCUT2D eigenvalue weighted by Gasteiger charge is -2.06. The number of nitrogens with zero attached hydrogens (tertiary/aromatic N) is 2. The first kappa shape index (κ1) is 12.4. The number of rotatable bonds is 4. The highest BCUT2D eigenvalue weighted by Gasteiger charge is 2.31. The number of carbonyl (C=O) groups is 1. The number of aromatic nitrogens is 2. The van der Waals surface area contributed by atoms with Crippen molar-refractivity contribution in [3.8, 4) is 0 Å². The van der Waals surface area contributed by atoms with Gasteiger partial charge in [0.05, 0.1) is 17.8 Å². The molecule has 3 nitrogen and oxygen atoms in total. The van der Waals surface area contributed by atoms with E-state index in [1.807, 2.05) is 12.1 Å². The summed E-state index contributed by atoms with van der Waals surface area (Å²) in [5.74, 6) is 0.427. The smallest absolute Gasteiger partial charge is 0.155 e. The summed E-state index contributed by atoms with van der Waals surface area (Å²) in [5, 5.41) is 4.99. The fourth-order valence-electron chi connectivity index (χ4n) is 2.29. The third kappa shape index (κ3) is 2.30. The van der Waals surface area contributed by atoms with Crippen molar-refractivity contribution < 1.29 is 4.79 Å². The van der Waals surface area contributed by atoms with Crippen molar-refractivity contribution in [2.75, 3.05) is 0 Å². The van der Waals surface area contributed by atoms with E-state index in [0.29, 0.717) is 23.2 Å². The van der Waals surface area contributed by atoms with Gasteiger partial charge in [0.2, 0.25) is 0 Å². The molecule has 0 aliphatic heterocycles. The lowest BCUT2D eigenvalue weighted by Crippen LogP contribution is -2.03. The van der Waals surface area contributed by atoms with Gasteiger partial charge in [-0.15, -0.1) is 0 Å². The van der Waals surface area contributed by atoms with Crippen LogP contribution in [0.5, 0.6) is 0 Å². The predicted octanol–water partition coefficient (Wildman–Crippen LogP) is 3.58. The first-order valence-corrected chi connectivity index (χ1v) is 6.84. The quantitative estimate of drug-likeness (QED) is 0.799. The van der Waals surface area contributed by atoms with Crippen LogP contribution in [-0.2, 0) is 6.54 Å². The molecule has 0 amide bonds. The van der Waals surface area contributed by atoms with Crippen LogP contribution in [0.2, 0.25) is 5.15 Å². The maximum absolute atomic E-state index is 11.2. The van der Waals surface area contributed by atoms with E-state index in [1.165, 1.54) is 11.1 Å². The number of hydrogen-bond acceptors (Lipinski definition) is 2. The van der Waals surface area contributed by atoms with Gasteiger partial charge in [-0.05, 0) is 30.9 Å². The normalized spacial score (nSPS) is 14.6. The van der Waals surface area contributed by atoms with Crippen LogP contribution in [0.1, 0.15) is 45.9 Å². The molecule has 98 valence electrons. The molecule has 1 heterocycles.